The molecule has 0 amide bonds. The summed E-state index contributed by atoms with van der Waals surface area (Å²) in [5, 5.41) is 0. The van der Waals surface area contributed by atoms with Gasteiger partial charge in [0.15, 0.2) is 4.64 Å². The van der Waals surface area contributed by atoms with Gasteiger partial charge in [-0.3, -0.25) is 0 Å². The molecule has 0 bridgehead atoms. The second kappa shape index (κ2) is 3.93. The number of aromatic amines is 1. The number of morpholine rings is 1. The van der Waals surface area contributed by atoms with Crippen LogP contribution in [0.2, 0.25) is 0 Å². The summed E-state index contributed by atoms with van der Waals surface area (Å²) in [6, 6.07) is 0. The van der Waals surface area contributed by atoms with Gasteiger partial charge in [0, 0.05) is 13.1 Å². The molecule has 0 aromatic carbocycles. The molecule has 1 aliphatic rings. The lowest BCUT2D eigenvalue weighted by Crippen LogP contribution is -2.37. The van der Waals surface area contributed by atoms with Gasteiger partial charge in [0.2, 0.25) is 0 Å². The maximum absolute atomic E-state index is 5.83. The number of nitrogens with zero attached hydrogens (tertiary/aromatic N) is 2. The Hall–Kier alpha value is -1.14. The van der Waals surface area contributed by atoms with Crippen LogP contribution in [0, 0.1) is 4.64 Å². The zero-order valence-electron chi connectivity index (χ0n) is 7.69. The monoisotopic (exact) mass is 212 g/mol. The normalized spacial score (nSPS) is 17.0. The van der Waals surface area contributed by atoms with Gasteiger partial charge in [-0.15, -0.1) is 0 Å². The van der Waals surface area contributed by atoms with E-state index >= 15 is 0 Å². The second-order valence-corrected chi connectivity index (χ2v) is 3.46. The summed E-state index contributed by atoms with van der Waals surface area (Å²) in [6.07, 6.45) is 1.57. The summed E-state index contributed by atoms with van der Waals surface area (Å²) in [5.41, 5.74) is 6.38. The first-order valence-corrected chi connectivity index (χ1v) is 4.85. The Morgan fingerprint density at radius 2 is 2.21 bits per heavy atom. The lowest BCUT2D eigenvalue weighted by Gasteiger charge is -2.28. The SMILES string of the molecule is Nc1c(N2CCOCC2)[nH]cnc1=S. The van der Waals surface area contributed by atoms with Crippen molar-refractivity contribution in [2.24, 2.45) is 0 Å². The highest BCUT2D eigenvalue weighted by Gasteiger charge is 2.14. The topological polar surface area (TPSA) is 67.2 Å². The predicted molar refractivity (Wildman–Crippen MR) is 56.9 cm³/mol. The fourth-order valence-corrected chi connectivity index (χ4v) is 1.60. The molecule has 2 heterocycles. The summed E-state index contributed by atoms with van der Waals surface area (Å²) in [4.78, 5) is 9.05. The number of nitrogens with one attached hydrogen (secondary N) is 1. The third-order valence-corrected chi connectivity index (χ3v) is 2.52. The van der Waals surface area contributed by atoms with Crippen LogP contribution in [0.15, 0.2) is 6.33 Å². The van der Waals surface area contributed by atoms with Crippen molar-refractivity contribution >= 4 is 23.7 Å². The molecular weight excluding hydrogens is 200 g/mol. The van der Waals surface area contributed by atoms with E-state index in [1.165, 1.54) is 0 Å². The standard InChI is InChI=1S/C8H12N4OS/c9-6-7(10-5-11-8(6)14)12-1-3-13-4-2-12/h5H,1-4,9H2,(H,10,11,14). The van der Waals surface area contributed by atoms with Crippen LogP contribution < -0.4 is 10.6 Å². The molecule has 0 saturated carbocycles. The van der Waals surface area contributed by atoms with E-state index in [2.05, 4.69) is 14.9 Å². The van der Waals surface area contributed by atoms with Crippen LogP contribution in [-0.2, 0) is 4.74 Å². The number of rotatable bonds is 1. The highest BCUT2D eigenvalue weighted by Crippen LogP contribution is 2.20. The van der Waals surface area contributed by atoms with Crippen molar-refractivity contribution in [3.63, 3.8) is 0 Å². The van der Waals surface area contributed by atoms with E-state index in [1.54, 1.807) is 6.33 Å². The van der Waals surface area contributed by atoms with Gasteiger partial charge in [-0.05, 0) is 0 Å². The molecule has 76 valence electrons. The van der Waals surface area contributed by atoms with Crippen molar-refractivity contribution in [2.75, 3.05) is 36.9 Å². The van der Waals surface area contributed by atoms with Gasteiger partial charge in [0.25, 0.3) is 0 Å². The number of hydrogen-bond donors (Lipinski definition) is 2. The van der Waals surface area contributed by atoms with Gasteiger partial charge in [0.05, 0.1) is 19.5 Å². The minimum atomic E-state index is 0.449. The molecule has 2 rings (SSSR count). The first-order valence-electron chi connectivity index (χ1n) is 4.45. The van der Waals surface area contributed by atoms with Crippen LogP contribution in [0.25, 0.3) is 0 Å². The predicted octanol–water partition coefficient (Wildman–Crippen LogP) is 0.558. The molecular formula is C8H12N4OS. The minimum Gasteiger partial charge on any atom is -0.393 e. The molecule has 0 aliphatic carbocycles. The van der Waals surface area contributed by atoms with Crippen molar-refractivity contribution in [3.05, 3.63) is 11.0 Å². The zero-order valence-corrected chi connectivity index (χ0v) is 8.51. The molecule has 6 heteroatoms. The van der Waals surface area contributed by atoms with Crippen molar-refractivity contribution < 1.29 is 4.74 Å². The lowest BCUT2D eigenvalue weighted by atomic mass is 10.4. The summed E-state index contributed by atoms with van der Waals surface area (Å²) >= 11 is 5.00. The van der Waals surface area contributed by atoms with Gasteiger partial charge in [0.1, 0.15) is 11.5 Å². The molecule has 5 nitrogen and oxygen atoms in total. The zero-order chi connectivity index (χ0) is 9.97. The molecule has 14 heavy (non-hydrogen) atoms. The summed E-state index contributed by atoms with van der Waals surface area (Å²) < 4.78 is 5.70. The summed E-state index contributed by atoms with van der Waals surface area (Å²) in [5.74, 6) is 0.855. The van der Waals surface area contributed by atoms with Crippen LogP contribution in [0.4, 0.5) is 11.5 Å². The third kappa shape index (κ3) is 1.71. The maximum atomic E-state index is 5.83. The van der Waals surface area contributed by atoms with Crippen molar-refractivity contribution in [1.29, 1.82) is 0 Å². The van der Waals surface area contributed by atoms with Crippen molar-refractivity contribution in [3.8, 4) is 0 Å². The van der Waals surface area contributed by atoms with E-state index in [-0.39, 0.29) is 0 Å². The Kier molecular flexibility index (Phi) is 2.64. The molecule has 1 aromatic heterocycles. The van der Waals surface area contributed by atoms with E-state index < -0.39 is 0 Å². The van der Waals surface area contributed by atoms with Gasteiger partial charge in [-0.1, -0.05) is 12.2 Å². The number of aromatic nitrogens is 2. The Morgan fingerprint density at radius 3 is 2.93 bits per heavy atom. The number of ether oxygens (including phenoxy) is 1. The molecule has 3 N–H and O–H groups in total. The fraction of sp³-hybridized carbons (Fsp3) is 0.500. The Bertz CT molecular complexity index is 372. The van der Waals surface area contributed by atoms with Crippen LogP contribution in [-0.4, -0.2) is 36.3 Å². The number of anilines is 2. The average molecular weight is 212 g/mol. The Labute approximate surface area is 86.9 Å². The van der Waals surface area contributed by atoms with Gasteiger partial charge < -0.3 is 20.4 Å². The van der Waals surface area contributed by atoms with Crippen molar-refractivity contribution in [1.82, 2.24) is 9.97 Å². The first kappa shape index (κ1) is 9.42. The molecule has 1 aromatic rings. The molecule has 1 fully saturated rings. The van der Waals surface area contributed by atoms with E-state index in [0.717, 1.165) is 32.1 Å². The van der Waals surface area contributed by atoms with Gasteiger partial charge in [-0.2, -0.15) is 0 Å². The van der Waals surface area contributed by atoms with Gasteiger partial charge >= 0.3 is 0 Å². The van der Waals surface area contributed by atoms with Gasteiger partial charge in [-0.25, -0.2) is 4.98 Å². The minimum absolute atomic E-state index is 0.449. The van der Waals surface area contributed by atoms with E-state index in [1.807, 2.05) is 0 Å². The molecule has 0 radical (unpaired) electrons. The average Bonchev–Trinajstić information content (AvgIpc) is 2.23. The number of nitrogens with two attached hydrogens (primary N) is 1. The van der Waals surface area contributed by atoms with Crippen molar-refractivity contribution in [2.45, 2.75) is 0 Å². The molecule has 0 spiro atoms. The lowest BCUT2D eigenvalue weighted by molar-refractivity contribution is 0.122. The smallest absolute Gasteiger partial charge is 0.154 e. The highest BCUT2D eigenvalue weighted by molar-refractivity contribution is 7.71. The number of H-pyrrole nitrogens is 1. The summed E-state index contributed by atoms with van der Waals surface area (Å²) in [7, 11) is 0. The maximum Gasteiger partial charge on any atom is 0.154 e. The Balaban J connectivity index is 2.30. The molecule has 1 aliphatic heterocycles. The van der Waals surface area contributed by atoms with E-state index in [9.17, 15) is 0 Å². The third-order valence-electron chi connectivity index (χ3n) is 2.20. The number of nitrogen functional groups attached to an aromatic ring is 1. The first-order chi connectivity index (χ1) is 6.79. The van der Waals surface area contributed by atoms with Crippen LogP contribution in [0.3, 0.4) is 0 Å². The Morgan fingerprint density at radius 1 is 1.50 bits per heavy atom. The fourth-order valence-electron chi connectivity index (χ4n) is 1.45. The van der Waals surface area contributed by atoms with Crippen LogP contribution in [0.5, 0.6) is 0 Å². The van der Waals surface area contributed by atoms with Crippen LogP contribution in [0.1, 0.15) is 0 Å². The van der Waals surface area contributed by atoms with E-state index in [4.69, 9.17) is 22.7 Å². The van der Waals surface area contributed by atoms with E-state index in [0.29, 0.717) is 10.3 Å². The van der Waals surface area contributed by atoms with Crippen LogP contribution >= 0.6 is 12.2 Å². The quantitative estimate of drug-likeness (QED) is 0.666. The highest BCUT2D eigenvalue weighted by atomic mass is 32.1. The number of hydrogen-bond acceptors (Lipinski definition) is 5. The molecule has 0 atom stereocenters. The molecule has 0 unspecified atom stereocenters. The summed E-state index contributed by atoms with van der Waals surface area (Å²) in [6.45, 7) is 3.11. The molecule has 1 saturated heterocycles. The second-order valence-electron chi connectivity index (χ2n) is 3.07. The largest absolute Gasteiger partial charge is 0.393 e.